The van der Waals surface area contributed by atoms with E-state index in [9.17, 15) is 0 Å². The maximum absolute atomic E-state index is 4.29. The zero-order chi connectivity index (χ0) is 13.2. The first-order chi connectivity index (χ1) is 9.24. The van der Waals surface area contributed by atoms with Gasteiger partial charge in [0.05, 0.1) is 5.56 Å². The highest BCUT2D eigenvalue weighted by atomic mass is 79.9. The number of aryl methyl sites for hydroxylation is 1. The highest BCUT2D eigenvalue weighted by Gasteiger charge is 2.02. The lowest BCUT2D eigenvalue weighted by Crippen LogP contribution is -1.83. The number of nitrogens with zero attached hydrogens (tertiary/aromatic N) is 2. The van der Waals surface area contributed by atoms with Crippen molar-refractivity contribution >= 4 is 27.0 Å². The highest BCUT2D eigenvalue weighted by Crippen LogP contribution is 2.19. The fourth-order valence-corrected chi connectivity index (χ4v) is 2.14. The highest BCUT2D eigenvalue weighted by molar-refractivity contribution is 9.10. The molecule has 0 amide bonds. The monoisotopic (exact) mass is 311 g/mol. The van der Waals surface area contributed by atoms with Crippen LogP contribution in [0, 0.1) is 18.8 Å². The first kappa shape index (κ1) is 11.9. The third kappa shape index (κ3) is 2.38. The molecule has 0 aromatic carbocycles. The van der Waals surface area contributed by atoms with E-state index in [-0.39, 0.29) is 0 Å². The minimum atomic E-state index is 0.843. The smallest absolute Gasteiger partial charge is 0.138 e. The standard InChI is InChI=1S/C15H10BrN3/c1-10-4-5-17-7-11(10)2-3-12-8-18-15-14(12)6-13(16)9-19-15/h4-9H,1H3,(H,18,19). The molecule has 0 aliphatic carbocycles. The normalized spacial score (nSPS) is 10.2. The number of aromatic amines is 1. The molecule has 0 radical (unpaired) electrons. The van der Waals surface area contributed by atoms with Crippen molar-refractivity contribution < 1.29 is 0 Å². The van der Waals surface area contributed by atoms with Gasteiger partial charge < -0.3 is 4.98 Å². The van der Waals surface area contributed by atoms with Gasteiger partial charge >= 0.3 is 0 Å². The summed E-state index contributed by atoms with van der Waals surface area (Å²) in [5, 5.41) is 1.02. The fraction of sp³-hybridized carbons (Fsp3) is 0.0667. The van der Waals surface area contributed by atoms with E-state index in [1.165, 1.54) is 0 Å². The van der Waals surface area contributed by atoms with E-state index in [4.69, 9.17) is 0 Å². The number of H-pyrrole nitrogens is 1. The second-order valence-electron chi connectivity index (χ2n) is 4.19. The number of aromatic nitrogens is 3. The predicted octanol–water partition coefficient (Wildman–Crippen LogP) is 3.43. The van der Waals surface area contributed by atoms with E-state index in [0.29, 0.717) is 0 Å². The van der Waals surface area contributed by atoms with Crippen LogP contribution in [-0.4, -0.2) is 15.0 Å². The Balaban J connectivity index is 2.08. The zero-order valence-corrected chi connectivity index (χ0v) is 11.8. The topological polar surface area (TPSA) is 41.6 Å². The van der Waals surface area contributed by atoms with Crippen LogP contribution >= 0.6 is 15.9 Å². The summed E-state index contributed by atoms with van der Waals surface area (Å²) in [5.74, 6) is 6.32. The van der Waals surface area contributed by atoms with Crippen molar-refractivity contribution in [2.45, 2.75) is 6.92 Å². The van der Waals surface area contributed by atoms with E-state index < -0.39 is 0 Å². The van der Waals surface area contributed by atoms with Crippen LogP contribution in [0.1, 0.15) is 16.7 Å². The minimum Gasteiger partial charge on any atom is -0.345 e. The average molecular weight is 312 g/mol. The number of rotatable bonds is 0. The third-order valence-corrected chi connectivity index (χ3v) is 3.30. The van der Waals surface area contributed by atoms with Crippen molar-refractivity contribution in [1.29, 1.82) is 0 Å². The molecule has 3 rings (SSSR count). The van der Waals surface area contributed by atoms with Gasteiger partial charge in [-0.05, 0) is 40.5 Å². The number of nitrogens with one attached hydrogen (secondary N) is 1. The van der Waals surface area contributed by atoms with Crippen LogP contribution in [0.3, 0.4) is 0 Å². The van der Waals surface area contributed by atoms with Gasteiger partial charge in [0.25, 0.3) is 0 Å². The molecule has 0 fully saturated rings. The van der Waals surface area contributed by atoms with Crippen molar-refractivity contribution in [3.05, 3.63) is 58.1 Å². The molecule has 4 heteroatoms. The molecular formula is C15H10BrN3. The Hall–Kier alpha value is -2.12. The first-order valence-electron chi connectivity index (χ1n) is 5.79. The van der Waals surface area contributed by atoms with Crippen molar-refractivity contribution in [1.82, 2.24) is 15.0 Å². The molecule has 3 heterocycles. The van der Waals surface area contributed by atoms with E-state index in [1.54, 1.807) is 18.6 Å². The maximum Gasteiger partial charge on any atom is 0.138 e. The summed E-state index contributed by atoms with van der Waals surface area (Å²) in [4.78, 5) is 11.5. The first-order valence-corrected chi connectivity index (χ1v) is 6.58. The summed E-state index contributed by atoms with van der Waals surface area (Å²) in [5.41, 5.74) is 3.85. The molecule has 0 spiro atoms. The van der Waals surface area contributed by atoms with Gasteiger partial charge in [-0.2, -0.15) is 0 Å². The maximum atomic E-state index is 4.29. The van der Waals surface area contributed by atoms with Gasteiger partial charge in [0.2, 0.25) is 0 Å². The predicted molar refractivity (Wildman–Crippen MR) is 78.7 cm³/mol. The van der Waals surface area contributed by atoms with Crippen molar-refractivity contribution in [3.63, 3.8) is 0 Å². The molecule has 1 N–H and O–H groups in total. The number of halogens is 1. The second-order valence-corrected chi connectivity index (χ2v) is 5.11. The molecule has 0 unspecified atom stereocenters. The van der Waals surface area contributed by atoms with Gasteiger partial charge in [-0.25, -0.2) is 4.98 Å². The molecule has 0 atom stereocenters. The molecule has 0 saturated carbocycles. The Bertz CT molecular complexity index is 809. The molecule has 3 nitrogen and oxygen atoms in total. The molecule has 0 aliphatic rings. The minimum absolute atomic E-state index is 0.843. The van der Waals surface area contributed by atoms with Gasteiger partial charge in [-0.1, -0.05) is 11.8 Å². The summed E-state index contributed by atoms with van der Waals surface area (Å²) in [6.07, 6.45) is 7.20. The quantitative estimate of drug-likeness (QED) is 0.646. The van der Waals surface area contributed by atoms with E-state index in [2.05, 4.69) is 42.7 Å². The van der Waals surface area contributed by atoms with Gasteiger partial charge in [0, 0.05) is 40.2 Å². The lowest BCUT2D eigenvalue weighted by Gasteiger charge is -1.94. The summed E-state index contributed by atoms with van der Waals surface area (Å²) in [6, 6.07) is 3.97. The molecule has 92 valence electrons. The van der Waals surface area contributed by atoms with Crippen LogP contribution in [0.4, 0.5) is 0 Å². The largest absolute Gasteiger partial charge is 0.345 e. The zero-order valence-electron chi connectivity index (χ0n) is 10.2. The van der Waals surface area contributed by atoms with Crippen LogP contribution in [0.25, 0.3) is 11.0 Å². The SMILES string of the molecule is Cc1ccncc1C#Cc1c[nH]c2ncc(Br)cc12. The van der Waals surface area contributed by atoms with E-state index in [1.807, 2.05) is 25.3 Å². The van der Waals surface area contributed by atoms with Gasteiger partial charge in [0.1, 0.15) is 5.65 Å². The third-order valence-electron chi connectivity index (χ3n) is 2.87. The van der Waals surface area contributed by atoms with Crippen molar-refractivity contribution in [2.75, 3.05) is 0 Å². The van der Waals surface area contributed by atoms with Crippen LogP contribution in [0.15, 0.2) is 41.4 Å². The molecule has 0 bridgehead atoms. The number of fused-ring (bicyclic) bond motifs is 1. The molecule has 0 aliphatic heterocycles. The van der Waals surface area contributed by atoms with Gasteiger partial charge in [-0.15, -0.1) is 0 Å². The van der Waals surface area contributed by atoms with Crippen molar-refractivity contribution in [3.8, 4) is 11.8 Å². The number of hydrogen-bond donors (Lipinski definition) is 1. The Morgan fingerprint density at radius 2 is 2.05 bits per heavy atom. The Kier molecular flexibility index (Phi) is 3.06. The van der Waals surface area contributed by atoms with Crippen molar-refractivity contribution in [2.24, 2.45) is 0 Å². The molecular weight excluding hydrogens is 302 g/mol. The Morgan fingerprint density at radius 3 is 2.89 bits per heavy atom. The Labute approximate surface area is 119 Å². The summed E-state index contributed by atoms with van der Waals surface area (Å²) >= 11 is 3.42. The second kappa shape index (κ2) is 4.87. The van der Waals surface area contributed by atoms with Gasteiger partial charge in [-0.3, -0.25) is 4.98 Å². The molecule has 0 saturated heterocycles. The summed E-state index contributed by atoms with van der Waals surface area (Å²) in [7, 11) is 0. The van der Waals surface area contributed by atoms with Crippen LogP contribution in [0.2, 0.25) is 0 Å². The summed E-state index contributed by atoms with van der Waals surface area (Å²) in [6.45, 7) is 2.03. The van der Waals surface area contributed by atoms with Gasteiger partial charge in [0.15, 0.2) is 0 Å². The lowest BCUT2D eigenvalue weighted by molar-refractivity contribution is 1.27. The lowest BCUT2D eigenvalue weighted by atomic mass is 10.1. The molecule has 19 heavy (non-hydrogen) atoms. The van der Waals surface area contributed by atoms with Crippen LogP contribution < -0.4 is 0 Å². The average Bonchev–Trinajstić information content (AvgIpc) is 2.80. The van der Waals surface area contributed by atoms with E-state index in [0.717, 1.165) is 32.2 Å². The number of hydrogen-bond acceptors (Lipinski definition) is 2. The van der Waals surface area contributed by atoms with Crippen LogP contribution in [0.5, 0.6) is 0 Å². The Morgan fingerprint density at radius 1 is 1.21 bits per heavy atom. The number of pyridine rings is 2. The van der Waals surface area contributed by atoms with Crippen LogP contribution in [-0.2, 0) is 0 Å². The molecule has 3 aromatic heterocycles. The summed E-state index contributed by atoms with van der Waals surface area (Å²) < 4.78 is 0.945. The fourth-order valence-electron chi connectivity index (χ4n) is 1.81. The van der Waals surface area contributed by atoms with E-state index >= 15 is 0 Å². The molecule has 3 aromatic rings.